The lowest BCUT2D eigenvalue weighted by Gasteiger charge is -2.17. The molecule has 3 nitrogen and oxygen atoms in total. The molecule has 0 fully saturated rings. The summed E-state index contributed by atoms with van der Waals surface area (Å²) in [6.45, 7) is 4.34. The number of rotatable bonds is 1. The molecule has 0 radical (unpaired) electrons. The van der Waals surface area contributed by atoms with Gasteiger partial charge in [-0.05, 0) is 59.5 Å². The fourth-order valence-electron chi connectivity index (χ4n) is 3.31. The van der Waals surface area contributed by atoms with Crippen LogP contribution in [0, 0.1) is 13.8 Å². The highest BCUT2D eigenvalue weighted by Gasteiger charge is 2.28. The maximum atomic E-state index is 4.74. The molecular formula is C17H16BrN3. The first-order valence-electron chi connectivity index (χ1n) is 7.24. The number of hydrogen-bond donors (Lipinski definition) is 0. The maximum absolute atomic E-state index is 4.74. The van der Waals surface area contributed by atoms with Gasteiger partial charge in [0.1, 0.15) is 15.9 Å². The molecule has 3 heterocycles. The van der Waals surface area contributed by atoms with Crippen molar-refractivity contribution < 1.29 is 0 Å². The van der Waals surface area contributed by atoms with E-state index in [9.17, 15) is 0 Å². The van der Waals surface area contributed by atoms with Crippen molar-refractivity contribution >= 4 is 27.1 Å². The lowest BCUT2D eigenvalue weighted by molar-refractivity contribution is 0.628. The molecule has 0 unspecified atom stereocenters. The molecule has 21 heavy (non-hydrogen) atoms. The second-order valence-corrected chi connectivity index (χ2v) is 6.60. The Balaban J connectivity index is 1.94. The largest absolute Gasteiger partial charge is 0.305 e. The molecule has 4 rings (SSSR count). The minimum Gasteiger partial charge on any atom is -0.305 e. The number of halogens is 1. The summed E-state index contributed by atoms with van der Waals surface area (Å²) < 4.78 is 3.19. The van der Waals surface area contributed by atoms with Crippen molar-refractivity contribution in [3.05, 3.63) is 57.4 Å². The predicted molar refractivity (Wildman–Crippen MR) is 87.6 cm³/mol. The molecule has 0 saturated heterocycles. The van der Waals surface area contributed by atoms with Gasteiger partial charge in [-0.25, -0.2) is 9.97 Å². The molecule has 4 heteroatoms. The van der Waals surface area contributed by atoms with Gasteiger partial charge in [0.15, 0.2) is 5.65 Å². The van der Waals surface area contributed by atoms with Crippen LogP contribution in [-0.2, 0) is 6.42 Å². The first-order valence-corrected chi connectivity index (χ1v) is 8.03. The monoisotopic (exact) mass is 341 g/mol. The van der Waals surface area contributed by atoms with E-state index in [0.29, 0.717) is 6.04 Å². The summed E-state index contributed by atoms with van der Waals surface area (Å²) in [5.41, 5.74) is 6.03. The first kappa shape index (κ1) is 13.0. The van der Waals surface area contributed by atoms with Crippen molar-refractivity contribution in [2.75, 3.05) is 0 Å². The van der Waals surface area contributed by atoms with Gasteiger partial charge in [-0.1, -0.05) is 23.8 Å². The summed E-state index contributed by atoms with van der Waals surface area (Å²) in [5.74, 6) is 1.15. The Labute approximate surface area is 132 Å². The first-order chi connectivity index (χ1) is 10.1. The van der Waals surface area contributed by atoms with E-state index < -0.39 is 0 Å². The fraction of sp³-hybridized carbons (Fsp3) is 0.294. The number of fused-ring (bicyclic) bond motifs is 3. The van der Waals surface area contributed by atoms with Crippen LogP contribution in [-0.4, -0.2) is 14.5 Å². The number of imidazole rings is 1. The van der Waals surface area contributed by atoms with Gasteiger partial charge >= 0.3 is 0 Å². The van der Waals surface area contributed by atoms with E-state index in [1.54, 1.807) is 0 Å². The molecule has 0 N–H and O–H groups in total. The Kier molecular flexibility index (Phi) is 2.89. The van der Waals surface area contributed by atoms with Gasteiger partial charge in [0.05, 0.1) is 6.04 Å². The van der Waals surface area contributed by atoms with Gasteiger partial charge in [-0.3, -0.25) is 0 Å². The fourth-order valence-corrected chi connectivity index (χ4v) is 3.61. The average molecular weight is 342 g/mol. The predicted octanol–water partition coefficient (Wildman–Crippen LogP) is 4.35. The van der Waals surface area contributed by atoms with Gasteiger partial charge in [-0.2, -0.15) is 0 Å². The van der Waals surface area contributed by atoms with Crippen molar-refractivity contribution in [2.45, 2.75) is 32.7 Å². The smallest absolute Gasteiger partial charge is 0.161 e. The van der Waals surface area contributed by atoms with Crippen LogP contribution in [0.15, 0.2) is 34.9 Å². The van der Waals surface area contributed by atoms with E-state index in [4.69, 9.17) is 4.98 Å². The van der Waals surface area contributed by atoms with Gasteiger partial charge in [0, 0.05) is 6.42 Å². The molecular weight excluding hydrogens is 326 g/mol. The molecule has 2 aromatic heterocycles. The SMILES string of the molecule is Cc1ccc(C)c([C@H]2CCc3nc4ccc(Br)nc4n32)c1. The Morgan fingerprint density at radius 3 is 2.86 bits per heavy atom. The Morgan fingerprint density at radius 2 is 2.00 bits per heavy atom. The zero-order valence-electron chi connectivity index (χ0n) is 12.1. The zero-order valence-corrected chi connectivity index (χ0v) is 13.7. The molecule has 1 aliphatic rings. The summed E-state index contributed by atoms with van der Waals surface area (Å²) in [4.78, 5) is 9.39. The van der Waals surface area contributed by atoms with Crippen molar-refractivity contribution in [3.8, 4) is 0 Å². The van der Waals surface area contributed by atoms with Crippen molar-refractivity contribution in [1.29, 1.82) is 0 Å². The van der Waals surface area contributed by atoms with E-state index in [1.165, 1.54) is 16.7 Å². The van der Waals surface area contributed by atoms with Gasteiger partial charge < -0.3 is 4.57 Å². The standard InChI is InChI=1S/C17H16BrN3/c1-10-3-4-11(2)12(9-10)14-6-8-16-19-13-5-7-15(18)20-17(13)21(14)16/h3-5,7,9,14H,6,8H2,1-2H3/t14-/m1/s1. The van der Waals surface area contributed by atoms with Gasteiger partial charge in [0.2, 0.25) is 0 Å². The molecule has 1 aliphatic heterocycles. The van der Waals surface area contributed by atoms with Crippen LogP contribution in [0.25, 0.3) is 11.2 Å². The van der Waals surface area contributed by atoms with Crippen LogP contribution in [0.2, 0.25) is 0 Å². The molecule has 0 spiro atoms. The summed E-state index contributed by atoms with van der Waals surface area (Å²) in [6, 6.07) is 11.0. The third kappa shape index (κ3) is 2.01. The Bertz CT molecular complexity index is 851. The van der Waals surface area contributed by atoms with Crippen LogP contribution in [0.4, 0.5) is 0 Å². The summed E-state index contributed by atoms with van der Waals surface area (Å²) in [5, 5.41) is 0. The summed E-state index contributed by atoms with van der Waals surface area (Å²) >= 11 is 3.48. The highest BCUT2D eigenvalue weighted by atomic mass is 79.9. The van der Waals surface area contributed by atoms with E-state index in [-0.39, 0.29) is 0 Å². The van der Waals surface area contributed by atoms with E-state index in [0.717, 1.165) is 34.4 Å². The Hall–Kier alpha value is -1.68. The van der Waals surface area contributed by atoms with Gasteiger partial charge in [0.25, 0.3) is 0 Å². The number of hydrogen-bond acceptors (Lipinski definition) is 2. The van der Waals surface area contributed by atoms with Crippen molar-refractivity contribution in [1.82, 2.24) is 14.5 Å². The minimum absolute atomic E-state index is 0.353. The third-order valence-corrected chi connectivity index (χ3v) is 4.76. The lowest BCUT2D eigenvalue weighted by atomic mass is 9.97. The van der Waals surface area contributed by atoms with Crippen LogP contribution in [0.1, 0.15) is 35.0 Å². The number of benzene rings is 1. The summed E-state index contributed by atoms with van der Waals surface area (Å²) in [6.07, 6.45) is 2.13. The maximum Gasteiger partial charge on any atom is 0.161 e. The Morgan fingerprint density at radius 1 is 1.14 bits per heavy atom. The molecule has 0 saturated carbocycles. The molecule has 0 aliphatic carbocycles. The van der Waals surface area contributed by atoms with Gasteiger partial charge in [-0.15, -0.1) is 0 Å². The number of aryl methyl sites for hydroxylation is 3. The third-order valence-electron chi connectivity index (χ3n) is 4.32. The average Bonchev–Trinajstić information content (AvgIpc) is 3.01. The van der Waals surface area contributed by atoms with Crippen molar-refractivity contribution in [2.24, 2.45) is 0 Å². The van der Waals surface area contributed by atoms with Crippen LogP contribution < -0.4 is 0 Å². The zero-order chi connectivity index (χ0) is 14.6. The van der Waals surface area contributed by atoms with Crippen LogP contribution >= 0.6 is 15.9 Å². The minimum atomic E-state index is 0.353. The molecule has 106 valence electrons. The number of pyridine rings is 1. The van der Waals surface area contributed by atoms with E-state index in [2.05, 4.69) is 57.5 Å². The van der Waals surface area contributed by atoms with Crippen molar-refractivity contribution in [3.63, 3.8) is 0 Å². The number of aromatic nitrogens is 3. The molecule has 0 amide bonds. The van der Waals surface area contributed by atoms with Crippen LogP contribution in [0.5, 0.6) is 0 Å². The van der Waals surface area contributed by atoms with Crippen LogP contribution in [0.3, 0.4) is 0 Å². The topological polar surface area (TPSA) is 30.7 Å². The number of nitrogens with zero attached hydrogens (tertiary/aromatic N) is 3. The molecule has 1 atom stereocenters. The highest BCUT2D eigenvalue weighted by molar-refractivity contribution is 9.10. The molecule has 3 aromatic rings. The second kappa shape index (κ2) is 4.67. The van der Waals surface area contributed by atoms with E-state index >= 15 is 0 Å². The normalized spacial score (nSPS) is 17.4. The summed E-state index contributed by atoms with van der Waals surface area (Å²) in [7, 11) is 0. The van der Waals surface area contributed by atoms with E-state index in [1.807, 2.05) is 12.1 Å². The molecule has 1 aromatic carbocycles. The highest BCUT2D eigenvalue weighted by Crippen LogP contribution is 2.36. The lowest BCUT2D eigenvalue weighted by Crippen LogP contribution is -2.08. The second-order valence-electron chi connectivity index (χ2n) is 5.79. The molecule has 0 bridgehead atoms. The quantitative estimate of drug-likeness (QED) is 0.616.